The number of benzene rings is 3. The van der Waals surface area contributed by atoms with Crippen molar-refractivity contribution in [1.29, 1.82) is 0 Å². The molecule has 0 saturated carbocycles. The quantitative estimate of drug-likeness (QED) is 0.515. The summed E-state index contributed by atoms with van der Waals surface area (Å²) in [5, 5.41) is 0. The van der Waals surface area contributed by atoms with E-state index in [4.69, 9.17) is 28.4 Å². The summed E-state index contributed by atoms with van der Waals surface area (Å²) in [5.74, 6) is 3.94. The zero-order valence-corrected chi connectivity index (χ0v) is 19.3. The normalized spacial score (nSPS) is 16.8. The van der Waals surface area contributed by atoms with Crippen molar-refractivity contribution in [3.05, 3.63) is 71.0 Å². The van der Waals surface area contributed by atoms with E-state index < -0.39 is 0 Å². The molecule has 3 aromatic rings. The van der Waals surface area contributed by atoms with Crippen LogP contribution in [0.1, 0.15) is 21.5 Å². The molecule has 0 saturated heterocycles. The minimum Gasteiger partial charge on any atom is -0.493 e. The van der Waals surface area contributed by atoms with E-state index in [1.54, 1.807) is 38.5 Å². The van der Waals surface area contributed by atoms with E-state index in [0.717, 1.165) is 22.6 Å². The number of hydrogen-bond acceptors (Lipinski definition) is 8. The standard InChI is InChI=1S/C27H23NO7/c1-30-21-6-3-16(11-23(21)31-2)12-25-26(29)18-5-8-20-19(27(18)35-25)14-28(15-34-20)17-4-7-22-24(13-17)33-10-9-32-22/h3-8,11-13H,9-10,14-15H2,1-2H3/b25-12-. The minimum absolute atomic E-state index is 0.172. The molecule has 0 radical (unpaired) electrons. The van der Waals surface area contributed by atoms with Gasteiger partial charge in [-0.05, 0) is 48.0 Å². The molecule has 0 spiro atoms. The van der Waals surface area contributed by atoms with Crippen LogP contribution in [0, 0.1) is 0 Å². The van der Waals surface area contributed by atoms with E-state index in [9.17, 15) is 4.79 Å². The van der Waals surface area contributed by atoms with Gasteiger partial charge < -0.3 is 33.3 Å². The number of ketones is 1. The molecule has 8 nitrogen and oxygen atoms in total. The van der Waals surface area contributed by atoms with Crippen LogP contribution in [-0.2, 0) is 6.54 Å². The van der Waals surface area contributed by atoms with Crippen molar-refractivity contribution in [2.75, 3.05) is 39.1 Å². The molecule has 3 aliphatic rings. The second-order valence-electron chi connectivity index (χ2n) is 8.27. The van der Waals surface area contributed by atoms with Crippen LogP contribution in [0.15, 0.2) is 54.3 Å². The van der Waals surface area contributed by atoms with Gasteiger partial charge in [0.25, 0.3) is 0 Å². The molecule has 0 fully saturated rings. The first kappa shape index (κ1) is 21.2. The van der Waals surface area contributed by atoms with Crippen LogP contribution < -0.4 is 33.3 Å². The molecule has 3 heterocycles. The molecule has 0 N–H and O–H groups in total. The smallest absolute Gasteiger partial charge is 0.231 e. The molecule has 0 aliphatic carbocycles. The Kier molecular flexibility index (Phi) is 5.13. The molecule has 0 unspecified atom stereocenters. The second-order valence-corrected chi connectivity index (χ2v) is 8.27. The number of rotatable bonds is 4. The Balaban J connectivity index is 1.30. The molecule has 35 heavy (non-hydrogen) atoms. The third-order valence-electron chi connectivity index (χ3n) is 6.22. The summed E-state index contributed by atoms with van der Waals surface area (Å²) in [6.45, 7) is 1.96. The van der Waals surface area contributed by atoms with Crippen molar-refractivity contribution in [3.8, 4) is 34.5 Å². The van der Waals surface area contributed by atoms with E-state index in [0.29, 0.717) is 60.8 Å². The van der Waals surface area contributed by atoms with Crippen LogP contribution in [0.3, 0.4) is 0 Å². The number of allylic oxidation sites excluding steroid dienone is 1. The Hall–Kier alpha value is -4.33. The Labute approximate surface area is 202 Å². The number of hydrogen-bond donors (Lipinski definition) is 0. The average molecular weight is 473 g/mol. The first-order chi connectivity index (χ1) is 17.1. The lowest BCUT2D eigenvalue weighted by atomic mass is 10.0. The van der Waals surface area contributed by atoms with E-state index >= 15 is 0 Å². The maximum absolute atomic E-state index is 13.1. The molecule has 8 heteroatoms. The third kappa shape index (κ3) is 3.67. The summed E-state index contributed by atoms with van der Waals surface area (Å²) >= 11 is 0. The number of anilines is 1. The van der Waals surface area contributed by atoms with Crippen LogP contribution in [0.5, 0.6) is 34.5 Å². The van der Waals surface area contributed by atoms with E-state index in [1.165, 1.54) is 0 Å². The van der Waals surface area contributed by atoms with Crippen molar-refractivity contribution < 1.29 is 33.2 Å². The van der Waals surface area contributed by atoms with E-state index in [1.807, 2.05) is 30.3 Å². The van der Waals surface area contributed by atoms with Crippen LogP contribution in [-0.4, -0.2) is 39.9 Å². The Morgan fingerprint density at radius 2 is 1.66 bits per heavy atom. The number of ether oxygens (including phenoxy) is 6. The Morgan fingerprint density at radius 3 is 2.49 bits per heavy atom. The van der Waals surface area contributed by atoms with Gasteiger partial charge in [0.15, 0.2) is 35.5 Å². The summed E-state index contributed by atoms with van der Waals surface area (Å²) in [6, 6.07) is 14.8. The lowest BCUT2D eigenvalue weighted by molar-refractivity contribution is 0.101. The van der Waals surface area contributed by atoms with Crippen molar-refractivity contribution in [2.24, 2.45) is 0 Å². The van der Waals surface area contributed by atoms with Gasteiger partial charge >= 0.3 is 0 Å². The summed E-state index contributed by atoms with van der Waals surface area (Å²) in [4.78, 5) is 15.2. The SMILES string of the molecule is COc1ccc(/C=C2\Oc3c(ccc4c3CN(c3ccc5c(c3)OCCO5)CO4)C2=O)cc1OC. The van der Waals surface area contributed by atoms with Gasteiger partial charge in [-0.25, -0.2) is 0 Å². The van der Waals surface area contributed by atoms with E-state index in [-0.39, 0.29) is 11.5 Å². The molecule has 6 rings (SSSR count). The summed E-state index contributed by atoms with van der Waals surface area (Å²) in [7, 11) is 3.15. The fourth-order valence-electron chi connectivity index (χ4n) is 4.45. The lowest BCUT2D eigenvalue weighted by Crippen LogP contribution is -2.32. The maximum Gasteiger partial charge on any atom is 0.231 e. The van der Waals surface area contributed by atoms with Gasteiger partial charge in [0.1, 0.15) is 24.7 Å². The van der Waals surface area contributed by atoms with Gasteiger partial charge in [0.2, 0.25) is 5.78 Å². The second kappa shape index (κ2) is 8.47. The number of carbonyl (C=O) groups is 1. The number of carbonyl (C=O) groups excluding carboxylic acids is 1. The third-order valence-corrected chi connectivity index (χ3v) is 6.22. The highest BCUT2D eigenvalue weighted by Crippen LogP contribution is 2.44. The summed E-state index contributed by atoms with van der Waals surface area (Å²) in [6.07, 6.45) is 1.71. The summed E-state index contributed by atoms with van der Waals surface area (Å²) in [5.41, 5.74) is 3.04. The zero-order valence-electron chi connectivity index (χ0n) is 19.3. The zero-order chi connectivity index (χ0) is 23.9. The van der Waals surface area contributed by atoms with Crippen LogP contribution in [0.4, 0.5) is 5.69 Å². The first-order valence-electron chi connectivity index (χ1n) is 11.2. The molecular weight excluding hydrogens is 450 g/mol. The number of fused-ring (bicyclic) bond motifs is 4. The fourth-order valence-corrected chi connectivity index (χ4v) is 4.45. The predicted molar refractivity (Wildman–Crippen MR) is 128 cm³/mol. The van der Waals surface area contributed by atoms with Gasteiger partial charge in [0, 0.05) is 11.8 Å². The number of methoxy groups -OCH3 is 2. The van der Waals surface area contributed by atoms with Crippen molar-refractivity contribution in [2.45, 2.75) is 6.54 Å². The van der Waals surface area contributed by atoms with Crippen LogP contribution >= 0.6 is 0 Å². The highest BCUT2D eigenvalue weighted by atomic mass is 16.6. The molecule has 0 aromatic heterocycles. The predicted octanol–water partition coefficient (Wildman–Crippen LogP) is 4.45. The lowest BCUT2D eigenvalue weighted by Gasteiger charge is -2.32. The van der Waals surface area contributed by atoms with Crippen molar-refractivity contribution in [3.63, 3.8) is 0 Å². The molecular formula is C27H23NO7. The Bertz CT molecular complexity index is 1360. The van der Waals surface area contributed by atoms with E-state index in [2.05, 4.69) is 4.90 Å². The van der Waals surface area contributed by atoms with Gasteiger partial charge in [-0.15, -0.1) is 0 Å². The number of nitrogens with zero attached hydrogens (tertiary/aromatic N) is 1. The topological polar surface area (TPSA) is 75.7 Å². The average Bonchev–Trinajstić information content (AvgIpc) is 3.23. The van der Waals surface area contributed by atoms with Crippen LogP contribution in [0.2, 0.25) is 0 Å². The van der Waals surface area contributed by atoms with Crippen LogP contribution in [0.25, 0.3) is 6.08 Å². The van der Waals surface area contributed by atoms with Gasteiger partial charge in [-0.3, -0.25) is 4.79 Å². The maximum atomic E-state index is 13.1. The number of Topliss-reactive ketones (excluding diaryl/α,β-unsaturated/α-hetero) is 1. The molecule has 0 atom stereocenters. The van der Waals surface area contributed by atoms with Crippen molar-refractivity contribution >= 4 is 17.5 Å². The minimum atomic E-state index is -0.172. The molecule has 0 amide bonds. The molecule has 178 valence electrons. The van der Waals surface area contributed by atoms with Gasteiger partial charge in [-0.1, -0.05) is 6.07 Å². The molecule has 3 aliphatic heterocycles. The highest BCUT2D eigenvalue weighted by molar-refractivity contribution is 6.15. The summed E-state index contributed by atoms with van der Waals surface area (Å²) < 4.78 is 34.2. The fraction of sp³-hybridized carbons (Fsp3) is 0.222. The molecule has 0 bridgehead atoms. The monoisotopic (exact) mass is 473 g/mol. The first-order valence-corrected chi connectivity index (χ1v) is 11.2. The Morgan fingerprint density at radius 1 is 0.857 bits per heavy atom. The van der Waals surface area contributed by atoms with Gasteiger partial charge in [0.05, 0.1) is 31.9 Å². The molecule has 3 aromatic carbocycles. The van der Waals surface area contributed by atoms with Gasteiger partial charge in [-0.2, -0.15) is 0 Å². The highest BCUT2D eigenvalue weighted by Gasteiger charge is 2.34. The largest absolute Gasteiger partial charge is 0.493 e. The van der Waals surface area contributed by atoms with Crippen molar-refractivity contribution in [1.82, 2.24) is 0 Å².